The highest BCUT2D eigenvalue weighted by Gasteiger charge is 2.17. The summed E-state index contributed by atoms with van der Waals surface area (Å²) in [5.41, 5.74) is 5.01. The van der Waals surface area contributed by atoms with Gasteiger partial charge in [0.15, 0.2) is 0 Å². The second-order valence-corrected chi connectivity index (χ2v) is 4.75. The van der Waals surface area contributed by atoms with E-state index in [2.05, 4.69) is 10.4 Å². The van der Waals surface area contributed by atoms with Crippen LogP contribution in [0.1, 0.15) is 22.9 Å². The van der Waals surface area contributed by atoms with E-state index in [-0.39, 0.29) is 11.1 Å². The molecule has 0 saturated carbocycles. The van der Waals surface area contributed by atoms with Crippen molar-refractivity contribution in [1.82, 2.24) is 10.4 Å². The Kier molecular flexibility index (Phi) is 4.47. The molecule has 5 heteroatoms. The van der Waals surface area contributed by atoms with Gasteiger partial charge in [-0.05, 0) is 36.6 Å². The molecule has 1 aromatic carbocycles. The SMILES string of the molecule is Cc1cccnc1C(Cc1cccc(Cl)c1F)NN. The molecule has 1 atom stereocenters. The Morgan fingerprint density at radius 1 is 1.37 bits per heavy atom. The van der Waals surface area contributed by atoms with Crippen molar-refractivity contribution >= 4 is 11.6 Å². The van der Waals surface area contributed by atoms with Gasteiger partial charge in [0, 0.05) is 6.20 Å². The standard InChI is InChI=1S/C14H15ClFN3/c1-9-4-3-7-18-14(9)12(19-17)8-10-5-2-6-11(15)13(10)16/h2-7,12,19H,8,17H2,1H3. The van der Waals surface area contributed by atoms with Crippen LogP contribution in [0.15, 0.2) is 36.5 Å². The van der Waals surface area contributed by atoms with Crippen LogP contribution >= 0.6 is 11.6 Å². The van der Waals surface area contributed by atoms with Gasteiger partial charge in [-0.3, -0.25) is 16.3 Å². The van der Waals surface area contributed by atoms with E-state index in [9.17, 15) is 4.39 Å². The number of rotatable bonds is 4. The van der Waals surface area contributed by atoms with E-state index < -0.39 is 5.82 Å². The summed E-state index contributed by atoms with van der Waals surface area (Å²) in [4.78, 5) is 4.30. The average Bonchev–Trinajstić information content (AvgIpc) is 2.41. The molecule has 1 unspecified atom stereocenters. The maximum atomic E-state index is 13.9. The number of nitrogens with two attached hydrogens (primary N) is 1. The van der Waals surface area contributed by atoms with Crippen LogP contribution in [-0.2, 0) is 6.42 Å². The number of benzene rings is 1. The third-order valence-electron chi connectivity index (χ3n) is 3.04. The minimum absolute atomic E-state index is 0.117. The van der Waals surface area contributed by atoms with Crippen LogP contribution in [0.3, 0.4) is 0 Å². The van der Waals surface area contributed by atoms with Crippen molar-refractivity contribution in [3.05, 3.63) is 64.2 Å². The van der Waals surface area contributed by atoms with Gasteiger partial charge in [0.2, 0.25) is 0 Å². The largest absolute Gasteiger partial charge is 0.271 e. The van der Waals surface area contributed by atoms with Crippen molar-refractivity contribution < 1.29 is 4.39 Å². The van der Waals surface area contributed by atoms with Gasteiger partial charge in [0.05, 0.1) is 16.8 Å². The summed E-state index contributed by atoms with van der Waals surface area (Å²) in [7, 11) is 0. The van der Waals surface area contributed by atoms with Crippen molar-refractivity contribution in [2.24, 2.45) is 5.84 Å². The Hall–Kier alpha value is -1.49. The number of nitrogens with one attached hydrogen (secondary N) is 1. The Bertz CT molecular complexity index is 574. The second kappa shape index (κ2) is 6.10. The first kappa shape index (κ1) is 13.9. The lowest BCUT2D eigenvalue weighted by Crippen LogP contribution is -2.31. The molecular formula is C14H15ClFN3. The van der Waals surface area contributed by atoms with Crippen LogP contribution in [0.2, 0.25) is 5.02 Å². The zero-order valence-corrected chi connectivity index (χ0v) is 11.3. The third kappa shape index (κ3) is 3.10. The predicted molar refractivity (Wildman–Crippen MR) is 74.2 cm³/mol. The molecule has 1 heterocycles. The zero-order chi connectivity index (χ0) is 13.8. The van der Waals surface area contributed by atoms with Crippen molar-refractivity contribution in [1.29, 1.82) is 0 Å². The maximum absolute atomic E-state index is 13.9. The second-order valence-electron chi connectivity index (χ2n) is 4.34. The summed E-state index contributed by atoms with van der Waals surface area (Å²) in [6, 6.07) is 8.49. The van der Waals surface area contributed by atoms with Crippen LogP contribution < -0.4 is 11.3 Å². The molecule has 0 amide bonds. The molecule has 0 bridgehead atoms. The first-order valence-corrected chi connectivity index (χ1v) is 6.31. The first-order chi connectivity index (χ1) is 9.13. The normalized spacial score (nSPS) is 12.4. The van der Waals surface area contributed by atoms with Gasteiger partial charge in [-0.15, -0.1) is 0 Å². The molecule has 2 rings (SSSR count). The van der Waals surface area contributed by atoms with Gasteiger partial charge in [-0.1, -0.05) is 29.8 Å². The molecule has 1 aromatic heterocycles. The van der Waals surface area contributed by atoms with Crippen LogP contribution in [0.25, 0.3) is 0 Å². The van der Waals surface area contributed by atoms with Gasteiger partial charge in [-0.25, -0.2) is 4.39 Å². The summed E-state index contributed by atoms with van der Waals surface area (Å²) in [5, 5.41) is 0.117. The Morgan fingerprint density at radius 2 is 2.16 bits per heavy atom. The van der Waals surface area contributed by atoms with E-state index in [1.807, 2.05) is 19.1 Å². The molecule has 0 aliphatic heterocycles. The van der Waals surface area contributed by atoms with E-state index in [1.165, 1.54) is 6.07 Å². The molecule has 19 heavy (non-hydrogen) atoms. The number of aromatic nitrogens is 1. The zero-order valence-electron chi connectivity index (χ0n) is 10.5. The molecule has 2 aromatic rings. The Morgan fingerprint density at radius 3 is 2.84 bits per heavy atom. The van der Waals surface area contributed by atoms with Crippen LogP contribution in [0.4, 0.5) is 4.39 Å². The van der Waals surface area contributed by atoms with Gasteiger partial charge in [0.25, 0.3) is 0 Å². The van der Waals surface area contributed by atoms with Gasteiger partial charge in [-0.2, -0.15) is 0 Å². The van der Waals surface area contributed by atoms with Gasteiger partial charge >= 0.3 is 0 Å². The summed E-state index contributed by atoms with van der Waals surface area (Å²) in [5.74, 6) is 5.16. The molecule has 100 valence electrons. The van der Waals surface area contributed by atoms with Crippen molar-refractivity contribution in [3.63, 3.8) is 0 Å². The highest BCUT2D eigenvalue weighted by Crippen LogP contribution is 2.24. The van der Waals surface area contributed by atoms with E-state index in [4.69, 9.17) is 17.4 Å². The molecule has 0 saturated heterocycles. The topological polar surface area (TPSA) is 50.9 Å². The quantitative estimate of drug-likeness (QED) is 0.668. The smallest absolute Gasteiger partial charge is 0.145 e. The maximum Gasteiger partial charge on any atom is 0.145 e. The molecule has 0 aliphatic rings. The number of aryl methyl sites for hydroxylation is 1. The lowest BCUT2D eigenvalue weighted by molar-refractivity contribution is 0.516. The lowest BCUT2D eigenvalue weighted by atomic mass is 10.00. The summed E-state index contributed by atoms with van der Waals surface area (Å²) >= 11 is 5.78. The number of hydrogen-bond acceptors (Lipinski definition) is 3. The average molecular weight is 280 g/mol. The molecule has 0 spiro atoms. The van der Waals surface area contributed by atoms with Crippen LogP contribution in [-0.4, -0.2) is 4.98 Å². The number of nitrogens with zero attached hydrogens (tertiary/aromatic N) is 1. The Labute approximate surface area is 116 Å². The van der Waals surface area contributed by atoms with E-state index in [1.54, 1.807) is 18.3 Å². The fourth-order valence-corrected chi connectivity index (χ4v) is 2.22. The van der Waals surface area contributed by atoms with Crippen LogP contribution in [0, 0.1) is 12.7 Å². The van der Waals surface area contributed by atoms with Crippen LogP contribution in [0.5, 0.6) is 0 Å². The first-order valence-electron chi connectivity index (χ1n) is 5.94. The minimum Gasteiger partial charge on any atom is -0.271 e. The van der Waals surface area contributed by atoms with E-state index >= 15 is 0 Å². The van der Waals surface area contributed by atoms with Gasteiger partial charge in [0.1, 0.15) is 5.82 Å². The fraction of sp³-hybridized carbons (Fsp3) is 0.214. The molecule has 0 aliphatic carbocycles. The molecule has 0 radical (unpaired) electrons. The van der Waals surface area contributed by atoms with E-state index in [0.29, 0.717) is 12.0 Å². The molecular weight excluding hydrogens is 265 g/mol. The minimum atomic E-state index is -0.405. The van der Waals surface area contributed by atoms with Crippen molar-refractivity contribution in [2.75, 3.05) is 0 Å². The Balaban J connectivity index is 2.30. The van der Waals surface area contributed by atoms with Crippen molar-refractivity contribution in [2.45, 2.75) is 19.4 Å². The number of hydrazine groups is 1. The fourth-order valence-electron chi connectivity index (χ4n) is 2.02. The summed E-state index contributed by atoms with van der Waals surface area (Å²) in [6.45, 7) is 1.95. The summed E-state index contributed by atoms with van der Waals surface area (Å²) in [6.07, 6.45) is 2.09. The van der Waals surface area contributed by atoms with Crippen molar-refractivity contribution in [3.8, 4) is 0 Å². The molecule has 3 nitrogen and oxygen atoms in total. The summed E-state index contributed by atoms with van der Waals surface area (Å²) < 4.78 is 13.9. The monoisotopic (exact) mass is 279 g/mol. The number of pyridine rings is 1. The van der Waals surface area contributed by atoms with E-state index in [0.717, 1.165) is 11.3 Å². The van der Waals surface area contributed by atoms with Gasteiger partial charge < -0.3 is 0 Å². The number of halogens is 2. The highest BCUT2D eigenvalue weighted by molar-refractivity contribution is 6.30. The molecule has 0 fully saturated rings. The lowest BCUT2D eigenvalue weighted by Gasteiger charge is -2.18. The predicted octanol–water partition coefficient (Wildman–Crippen LogP) is 2.93. The number of hydrogen-bond donors (Lipinski definition) is 2. The third-order valence-corrected chi connectivity index (χ3v) is 3.33. The highest BCUT2D eigenvalue weighted by atomic mass is 35.5. The molecule has 3 N–H and O–H groups in total.